The molecule has 3 nitrogen and oxygen atoms in total. The lowest BCUT2D eigenvalue weighted by Crippen LogP contribution is -2.52. The first-order valence-electron chi connectivity index (χ1n) is 6.63. The zero-order valence-electron chi connectivity index (χ0n) is 11.2. The molecule has 0 bridgehead atoms. The van der Waals surface area contributed by atoms with Crippen LogP contribution in [0.15, 0.2) is 60.7 Å². The van der Waals surface area contributed by atoms with Crippen LogP contribution >= 0.6 is 0 Å². The predicted molar refractivity (Wildman–Crippen MR) is 74.8 cm³/mol. The van der Waals surface area contributed by atoms with Crippen molar-refractivity contribution < 1.29 is 14.6 Å². The SMILES string of the molecule is C[C@@]1([C@H](O)c2ccccc2)C(=O)O[C@H]1c1ccccc1. The second-order valence-electron chi connectivity index (χ2n) is 5.29. The van der Waals surface area contributed by atoms with Gasteiger partial charge >= 0.3 is 5.97 Å². The van der Waals surface area contributed by atoms with Gasteiger partial charge in [-0.25, -0.2) is 0 Å². The Morgan fingerprint density at radius 3 is 2.15 bits per heavy atom. The number of aliphatic hydroxyl groups excluding tert-OH is 1. The molecule has 0 saturated carbocycles. The topological polar surface area (TPSA) is 46.5 Å². The van der Waals surface area contributed by atoms with Crippen molar-refractivity contribution in [2.45, 2.75) is 19.1 Å². The van der Waals surface area contributed by atoms with E-state index in [2.05, 4.69) is 0 Å². The van der Waals surface area contributed by atoms with Crippen molar-refractivity contribution in [3.63, 3.8) is 0 Å². The summed E-state index contributed by atoms with van der Waals surface area (Å²) in [5, 5.41) is 10.6. The molecule has 0 spiro atoms. The van der Waals surface area contributed by atoms with Gasteiger partial charge in [0.25, 0.3) is 0 Å². The van der Waals surface area contributed by atoms with Gasteiger partial charge in [-0.3, -0.25) is 4.79 Å². The number of carbonyl (C=O) groups is 1. The molecule has 102 valence electrons. The number of cyclic esters (lactones) is 1. The molecule has 0 radical (unpaired) electrons. The van der Waals surface area contributed by atoms with Gasteiger partial charge in [0.05, 0.1) is 6.10 Å². The average Bonchev–Trinajstić information content (AvgIpc) is 2.52. The van der Waals surface area contributed by atoms with Crippen LogP contribution in [0.5, 0.6) is 0 Å². The fourth-order valence-corrected chi connectivity index (χ4v) is 2.68. The van der Waals surface area contributed by atoms with E-state index in [9.17, 15) is 9.90 Å². The van der Waals surface area contributed by atoms with Crippen LogP contribution in [0.1, 0.15) is 30.3 Å². The van der Waals surface area contributed by atoms with Crippen LogP contribution in [0.2, 0.25) is 0 Å². The average molecular weight is 268 g/mol. The maximum Gasteiger partial charge on any atom is 0.319 e. The lowest BCUT2D eigenvalue weighted by Gasteiger charge is -2.47. The summed E-state index contributed by atoms with van der Waals surface area (Å²) in [6.45, 7) is 1.76. The largest absolute Gasteiger partial charge is 0.456 e. The molecule has 2 aromatic rings. The lowest BCUT2D eigenvalue weighted by molar-refractivity contribution is -0.224. The molecule has 3 atom stereocenters. The van der Waals surface area contributed by atoms with Gasteiger partial charge in [0.1, 0.15) is 11.5 Å². The van der Waals surface area contributed by atoms with Crippen LogP contribution in [0, 0.1) is 5.41 Å². The summed E-state index contributed by atoms with van der Waals surface area (Å²) in [6, 6.07) is 18.8. The summed E-state index contributed by atoms with van der Waals surface area (Å²) in [5.74, 6) is -0.359. The van der Waals surface area contributed by atoms with Gasteiger partial charge in [0.15, 0.2) is 0 Å². The summed E-state index contributed by atoms with van der Waals surface area (Å²) < 4.78 is 5.28. The molecular weight excluding hydrogens is 252 g/mol. The molecule has 1 aliphatic heterocycles. The van der Waals surface area contributed by atoms with E-state index in [1.54, 1.807) is 6.92 Å². The van der Waals surface area contributed by atoms with Crippen LogP contribution in [0.25, 0.3) is 0 Å². The Morgan fingerprint density at radius 1 is 1.05 bits per heavy atom. The number of esters is 1. The third kappa shape index (κ3) is 1.82. The third-order valence-corrected chi connectivity index (χ3v) is 4.00. The number of hydrogen-bond acceptors (Lipinski definition) is 3. The quantitative estimate of drug-likeness (QED) is 0.870. The monoisotopic (exact) mass is 268 g/mol. The zero-order chi connectivity index (χ0) is 14.2. The van der Waals surface area contributed by atoms with E-state index in [0.29, 0.717) is 0 Å². The van der Waals surface area contributed by atoms with Crippen molar-refractivity contribution in [1.29, 1.82) is 0 Å². The van der Waals surface area contributed by atoms with E-state index >= 15 is 0 Å². The van der Waals surface area contributed by atoms with Crippen LogP contribution in [0.4, 0.5) is 0 Å². The van der Waals surface area contributed by atoms with E-state index in [0.717, 1.165) is 11.1 Å². The molecular formula is C17H16O3. The molecule has 2 aromatic carbocycles. The maximum absolute atomic E-state index is 12.0. The van der Waals surface area contributed by atoms with E-state index in [4.69, 9.17) is 4.74 Å². The summed E-state index contributed by atoms with van der Waals surface area (Å²) in [6.07, 6.45) is -1.29. The lowest BCUT2D eigenvalue weighted by atomic mass is 9.70. The molecule has 1 N–H and O–H groups in total. The number of benzene rings is 2. The van der Waals surface area contributed by atoms with Gasteiger partial charge in [-0.05, 0) is 18.1 Å². The maximum atomic E-state index is 12.0. The molecule has 1 aliphatic rings. The normalized spacial score (nSPS) is 26.5. The summed E-state index contributed by atoms with van der Waals surface area (Å²) >= 11 is 0. The molecule has 20 heavy (non-hydrogen) atoms. The van der Waals surface area contributed by atoms with E-state index in [1.165, 1.54) is 0 Å². The molecule has 0 amide bonds. The third-order valence-electron chi connectivity index (χ3n) is 4.00. The van der Waals surface area contributed by atoms with Gasteiger partial charge in [-0.15, -0.1) is 0 Å². The van der Waals surface area contributed by atoms with Crippen LogP contribution < -0.4 is 0 Å². The van der Waals surface area contributed by atoms with Crippen LogP contribution in [-0.2, 0) is 9.53 Å². The molecule has 0 aliphatic carbocycles. The molecule has 1 fully saturated rings. The van der Waals surface area contributed by atoms with E-state index in [-0.39, 0.29) is 5.97 Å². The molecule has 1 heterocycles. The van der Waals surface area contributed by atoms with Crippen molar-refractivity contribution in [3.05, 3.63) is 71.8 Å². The number of ether oxygens (including phenoxy) is 1. The highest BCUT2D eigenvalue weighted by Gasteiger charge is 2.59. The minimum Gasteiger partial charge on any atom is -0.456 e. The van der Waals surface area contributed by atoms with Gasteiger partial charge in [-0.2, -0.15) is 0 Å². The number of carbonyl (C=O) groups excluding carboxylic acids is 1. The minimum absolute atomic E-state index is 0.359. The minimum atomic E-state index is -0.942. The highest BCUT2D eigenvalue weighted by Crippen LogP contribution is 2.54. The smallest absolute Gasteiger partial charge is 0.319 e. The summed E-state index contributed by atoms with van der Waals surface area (Å²) in [4.78, 5) is 12.0. The first-order valence-corrected chi connectivity index (χ1v) is 6.63. The van der Waals surface area contributed by atoms with Crippen LogP contribution in [-0.4, -0.2) is 11.1 Å². The van der Waals surface area contributed by atoms with Crippen molar-refractivity contribution >= 4 is 5.97 Å². The summed E-state index contributed by atoms with van der Waals surface area (Å²) in [5.41, 5.74) is 0.695. The van der Waals surface area contributed by atoms with Crippen molar-refractivity contribution in [2.75, 3.05) is 0 Å². The number of aliphatic hydroxyl groups is 1. The Kier molecular flexibility index (Phi) is 3.07. The van der Waals surface area contributed by atoms with Gasteiger partial charge < -0.3 is 9.84 Å². The van der Waals surface area contributed by atoms with Gasteiger partial charge in [-0.1, -0.05) is 60.7 Å². The first-order chi connectivity index (χ1) is 9.64. The number of rotatable bonds is 3. The molecule has 3 rings (SSSR count). The Morgan fingerprint density at radius 2 is 1.60 bits per heavy atom. The second kappa shape index (κ2) is 4.76. The first kappa shape index (κ1) is 12.9. The molecule has 3 heteroatoms. The van der Waals surface area contributed by atoms with Gasteiger partial charge in [0, 0.05) is 0 Å². The summed E-state index contributed by atoms with van der Waals surface area (Å²) in [7, 11) is 0. The highest BCUT2D eigenvalue weighted by molar-refractivity contribution is 5.84. The van der Waals surface area contributed by atoms with Gasteiger partial charge in [0.2, 0.25) is 0 Å². The van der Waals surface area contributed by atoms with E-state index in [1.807, 2.05) is 60.7 Å². The fraction of sp³-hybridized carbons (Fsp3) is 0.235. The molecule has 1 saturated heterocycles. The van der Waals surface area contributed by atoms with E-state index < -0.39 is 17.6 Å². The number of hydrogen-bond donors (Lipinski definition) is 1. The predicted octanol–water partition coefficient (Wildman–Crippen LogP) is 3.02. The molecule has 0 aromatic heterocycles. The van der Waals surface area contributed by atoms with Crippen molar-refractivity contribution in [1.82, 2.24) is 0 Å². The fourth-order valence-electron chi connectivity index (χ4n) is 2.68. The molecule has 0 unspecified atom stereocenters. The van der Waals surface area contributed by atoms with Crippen molar-refractivity contribution in [3.8, 4) is 0 Å². The highest BCUT2D eigenvalue weighted by atomic mass is 16.6. The Bertz CT molecular complexity index is 565. The second-order valence-corrected chi connectivity index (χ2v) is 5.29. The Labute approximate surface area is 117 Å². The Hall–Kier alpha value is -2.13. The van der Waals surface area contributed by atoms with Crippen molar-refractivity contribution in [2.24, 2.45) is 5.41 Å². The Balaban J connectivity index is 1.95. The van der Waals surface area contributed by atoms with Crippen LogP contribution in [0.3, 0.4) is 0 Å². The zero-order valence-corrected chi connectivity index (χ0v) is 11.2. The standard InChI is InChI=1S/C17H16O3/c1-17(14(18)12-8-4-2-5-9-12)15(20-16(17)19)13-10-6-3-7-11-13/h2-11,14-15,18H,1H3/t14-,15+,17+/m1/s1.